The number of rotatable bonds is 4. The summed E-state index contributed by atoms with van der Waals surface area (Å²) in [5.41, 5.74) is 1.28. The number of urea groups is 1. The third-order valence-electron chi connectivity index (χ3n) is 3.56. The average molecular weight is 268 g/mol. The van der Waals surface area contributed by atoms with Crippen LogP contribution >= 0.6 is 0 Å². The van der Waals surface area contributed by atoms with E-state index in [-0.39, 0.29) is 18.5 Å². The molecule has 19 heavy (non-hydrogen) atoms. The SMILES string of the molecule is CCOC(=O)C1=C(C[NH+]2CCCCC2)NC(=O)NC1. The van der Waals surface area contributed by atoms with E-state index >= 15 is 0 Å². The maximum absolute atomic E-state index is 11.9. The van der Waals surface area contributed by atoms with E-state index in [0.29, 0.717) is 18.7 Å². The fourth-order valence-corrected chi connectivity index (χ4v) is 2.58. The lowest BCUT2D eigenvalue weighted by molar-refractivity contribution is -0.900. The molecule has 0 spiro atoms. The van der Waals surface area contributed by atoms with Crippen LogP contribution in [0, 0.1) is 0 Å². The average Bonchev–Trinajstić information content (AvgIpc) is 2.40. The summed E-state index contributed by atoms with van der Waals surface area (Å²) in [5.74, 6) is -0.332. The molecular formula is C13H22N3O3+. The van der Waals surface area contributed by atoms with Gasteiger partial charge in [-0.05, 0) is 26.2 Å². The molecule has 2 heterocycles. The molecule has 2 amide bonds. The molecule has 0 atom stereocenters. The van der Waals surface area contributed by atoms with Crippen molar-refractivity contribution in [2.24, 2.45) is 0 Å². The second-order valence-electron chi connectivity index (χ2n) is 4.97. The number of piperidine rings is 1. The van der Waals surface area contributed by atoms with Crippen LogP contribution in [0.1, 0.15) is 26.2 Å². The zero-order valence-electron chi connectivity index (χ0n) is 11.4. The molecule has 1 fully saturated rings. The third kappa shape index (κ3) is 3.70. The Hall–Kier alpha value is -1.56. The maximum Gasteiger partial charge on any atom is 0.337 e. The van der Waals surface area contributed by atoms with E-state index in [9.17, 15) is 9.59 Å². The third-order valence-corrected chi connectivity index (χ3v) is 3.56. The van der Waals surface area contributed by atoms with Gasteiger partial charge in [0.1, 0.15) is 6.54 Å². The molecule has 3 N–H and O–H groups in total. The van der Waals surface area contributed by atoms with Crippen LogP contribution in [0.25, 0.3) is 0 Å². The van der Waals surface area contributed by atoms with Gasteiger partial charge in [-0.2, -0.15) is 0 Å². The fraction of sp³-hybridized carbons (Fsp3) is 0.692. The zero-order chi connectivity index (χ0) is 13.7. The Labute approximate surface area is 113 Å². The standard InChI is InChI=1S/C13H21N3O3/c1-2-19-12(17)10-8-14-13(18)15-11(10)9-16-6-4-3-5-7-16/h2-9H2,1H3,(H2,14,15,18)/p+1. The lowest BCUT2D eigenvalue weighted by Crippen LogP contribution is -3.13. The van der Waals surface area contributed by atoms with Crippen LogP contribution in [0.3, 0.4) is 0 Å². The minimum absolute atomic E-state index is 0.237. The highest BCUT2D eigenvalue weighted by Gasteiger charge is 2.27. The zero-order valence-corrected chi connectivity index (χ0v) is 11.4. The van der Waals surface area contributed by atoms with E-state index in [1.165, 1.54) is 24.2 Å². The Morgan fingerprint density at radius 2 is 2.05 bits per heavy atom. The monoisotopic (exact) mass is 268 g/mol. The van der Waals surface area contributed by atoms with Gasteiger partial charge in [0.25, 0.3) is 0 Å². The molecule has 2 rings (SSSR count). The molecule has 0 bridgehead atoms. The summed E-state index contributed by atoms with van der Waals surface area (Å²) in [6, 6.07) is -0.237. The first-order valence-corrected chi connectivity index (χ1v) is 6.98. The largest absolute Gasteiger partial charge is 0.463 e. The van der Waals surface area contributed by atoms with Crippen molar-refractivity contribution < 1.29 is 19.2 Å². The van der Waals surface area contributed by atoms with Crippen molar-refractivity contribution in [1.82, 2.24) is 10.6 Å². The summed E-state index contributed by atoms with van der Waals surface area (Å²) in [7, 11) is 0. The summed E-state index contributed by atoms with van der Waals surface area (Å²) in [4.78, 5) is 24.7. The molecule has 106 valence electrons. The number of carbonyl (C=O) groups excluding carboxylic acids is 2. The van der Waals surface area contributed by atoms with Gasteiger partial charge in [-0.3, -0.25) is 0 Å². The van der Waals surface area contributed by atoms with Gasteiger partial charge in [0.2, 0.25) is 0 Å². The summed E-state index contributed by atoms with van der Waals surface area (Å²) >= 11 is 0. The second-order valence-corrected chi connectivity index (χ2v) is 4.97. The molecule has 0 saturated carbocycles. The molecule has 1 saturated heterocycles. The number of nitrogens with one attached hydrogen (secondary N) is 3. The van der Waals surface area contributed by atoms with Crippen molar-refractivity contribution in [2.45, 2.75) is 26.2 Å². The first-order valence-electron chi connectivity index (χ1n) is 6.98. The second kappa shape index (κ2) is 6.56. The van der Waals surface area contributed by atoms with Gasteiger partial charge >= 0.3 is 12.0 Å². The molecule has 2 aliphatic rings. The van der Waals surface area contributed by atoms with Crippen molar-refractivity contribution in [1.29, 1.82) is 0 Å². The van der Waals surface area contributed by atoms with Crippen molar-refractivity contribution in [3.8, 4) is 0 Å². The van der Waals surface area contributed by atoms with Gasteiger partial charge in [0.05, 0.1) is 37.5 Å². The van der Waals surface area contributed by atoms with Crippen LogP contribution in [0.15, 0.2) is 11.3 Å². The van der Waals surface area contributed by atoms with E-state index in [4.69, 9.17) is 4.74 Å². The van der Waals surface area contributed by atoms with Crippen LogP contribution in [-0.2, 0) is 9.53 Å². The number of ether oxygens (including phenoxy) is 1. The first kappa shape index (κ1) is 13.9. The molecule has 0 aromatic carbocycles. The molecule has 6 nitrogen and oxygen atoms in total. The van der Waals surface area contributed by atoms with Gasteiger partial charge in [-0.1, -0.05) is 0 Å². The number of carbonyl (C=O) groups is 2. The van der Waals surface area contributed by atoms with Crippen molar-refractivity contribution >= 4 is 12.0 Å². The summed E-state index contributed by atoms with van der Waals surface area (Å²) in [5, 5.41) is 5.38. The highest BCUT2D eigenvalue weighted by Crippen LogP contribution is 2.07. The minimum Gasteiger partial charge on any atom is -0.463 e. The molecule has 6 heteroatoms. The Kier molecular flexibility index (Phi) is 4.79. The summed E-state index contributed by atoms with van der Waals surface area (Å²) in [6.45, 7) is 5.28. The Balaban J connectivity index is 2.08. The van der Waals surface area contributed by atoms with Gasteiger partial charge in [-0.25, -0.2) is 9.59 Å². The van der Waals surface area contributed by atoms with E-state index in [1.807, 2.05) is 0 Å². The smallest absolute Gasteiger partial charge is 0.337 e. The maximum atomic E-state index is 11.9. The number of quaternary nitrogens is 1. The van der Waals surface area contributed by atoms with E-state index in [2.05, 4.69) is 10.6 Å². The van der Waals surface area contributed by atoms with Crippen LogP contribution in [0.5, 0.6) is 0 Å². The highest BCUT2D eigenvalue weighted by atomic mass is 16.5. The number of esters is 1. The molecule has 0 aliphatic carbocycles. The van der Waals surface area contributed by atoms with Crippen LogP contribution < -0.4 is 15.5 Å². The predicted molar refractivity (Wildman–Crippen MR) is 69.6 cm³/mol. The van der Waals surface area contributed by atoms with E-state index < -0.39 is 0 Å². The number of likely N-dealkylation sites (tertiary alicyclic amines) is 1. The highest BCUT2D eigenvalue weighted by molar-refractivity contribution is 5.93. The van der Waals surface area contributed by atoms with Gasteiger partial charge in [0.15, 0.2) is 0 Å². The van der Waals surface area contributed by atoms with Gasteiger partial charge < -0.3 is 20.3 Å². The minimum atomic E-state index is -0.332. The number of hydrogen-bond acceptors (Lipinski definition) is 3. The topological polar surface area (TPSA) is 71.9 Å². The van der Waals surface area contributed by atoms with Crippen molar-refractivity contribution in [2.75, 3.05) is 32.8 Å². The summed E-state index contributed by atoms with van der Waals surface area (Å²) in [6.07, 6.45) is 3.70. The lowest BCUT2D eigenvalue weighted by Gasteiger charge is -2.27. The van der Waals surface area contributed by atoms with E-state index in [0.717, 1.165) is 18.8 Å². The predicted octanol–water partition coefficient (Wildman–Crippen LogP) is -0.815. The molecule has 0 aromatic heterocycles. The normalized spacial score (nSPS) is 20.8. The van der Waals surface area contributed by atoms with Crippen LogP contribution in [-0.4, -0.2) is 44.8 Å². The van der Waals surface area contributed by atoms with Crippen LogP contribution in [0.2, 0.25) is 0 Å². The molecule has 0 unspecified atom stereocenters. The quantitative estimate of drug-likeness (QED) is 0.584. The van der Waals surface area contributed by atoms with Gasteiger partial charge in [-0.15, -0.1) is 0 Å². The van der Waals surface area contributed by atoms with Crippen molar-refractivity contribution in [3.05, 3.63) is 11.3 Å². The molecule has 0 aromatic rings. The number of amides is 2. The summed E-state index contributed by atoms with van der Waals surface area (Å²) < 4.78 is 5.04. The Morgan fingerprint density at radius 1 is 1.32 bits per heavy atom. The van der Waals surface area contributed by atoms with Crippen LogP contribution in [0.4, 0.5) is 4.79 Å². The van der Waals surface area contributed by atoms with Gasteiger partial charge in [0, 0.05) is 0 Å². The fourth-order valence-electron chi connectivity index (χ4n) is 2.58. The lowest BCUT2D eigenvalue weighted by atomic mass is 10.1. The molecule has 0 radical (unpaired) electrons. The number of hydrogen-bond donors (Lipinski definition) is 3. The Bertz CT molecular complexity index is 387. The molecular weight excluding hydrogens is 246 g/mol. The molecule has 2 aliphatic heterocycles. The van der Waals surface area contributed by atoms with Crippen molar-refractivity contribution in [3.63, 3.8) is 0 Å². The first-order chi connectivity index (χ1) is 9.20. The Morgan fingerprint density at radius 3 is 2.74 bits per heavy atom. The van der Waals surface area contributed by atoms with E-state index in [1.54, 1.807) is 6.92 Å².